The van der Waals surface area contributed by atoms with Crippen LogP contribution in [0.4, 0.5) is 5.82 Å². The summed E-state index contributed by atoms with van der Waals surface area (Å²) in [6.45, 7) is 4.04. The molecule has 0 aliphatic heterocycles. The van der Waals surface area contributed by atoms with Crippen molar-refractivity contribution in [3.63, 3.8) is 0 Å². The number of pyridine rings is 2. The first kappa shape index (κ1) is 26.3. The van der Waals surface area contributed by atoms with Crippen molar-refractivity contribution >= 4 is 37.5 Å². The molecule has 3 aromatic heterocycles. The second kappa shape index (κ2) is 9.25. The number of nitrogens with zero attached hydrogens (tertiary/aromatic N) is 5. The first-order valence-corrected chi connectivity index (χ1v) is 15.0. The van der Waals surface area contributed by atoms with Gasteiger partial charge in [-0.1, -0.05) is 20.7 Å². The summed E-state index contributed by atoms with van der Waals surface area (Å²) in [6.07, 6.45) is 11.1. The van der Waals surface area contributed by atoms with Gasteiger partial charge in [0.05, 0.1) is 23.2 Å². The normalized spacial score (nSPS) is 13.5. The number of nitrogen functional groups attached to an aromatic ring is 1. The highest BCUT2D eigenvalue weighted by Gasteiger charge is 2.27. The lowest BCUT2D eigenvalue weighted by atomic mass is 9.94. The van der Waals surface area contributed by atoms with Crippen LogP contribution in [-0.4, -0.2) is 49.1 Å². The number of benzene rings is 1. The molecule has 0 spiro atoms. The van der Waals surface area contributed by atoms with E-state index in [1.165, 1.54) is 12.4 Å². The Morgan fingerprint density at radius 2 is 1.97 bits per heavy atom. The zero-order valence-corrected chi connectivity index (χ0v) is 22.7. The van der Waals surface area contributed by atoms with Gasteiger partial charge in [0.1, 0.15) is 35.0 Å². The Kier molecular flexibility index (Phi) is 6.56. The fourth-order valence-corrected chi connectivity index (χ4v) is 5.37. The molecule has 0 radical (unpaired) electrons. The van der Waals surface area contributed by atoms with Gasteiger partial charge in [-0.15, -0.1) is 0 Å². The van der Waals surface area contributed by atoms with Gasteiger partial charge in [-0.05, 0) is 44.7 Å². The zero-order valence-electron chi connectivity index (χ0n) is 21.2. The predicted molar refractivity (Wildman–Crippen MR) is 147 cm³/mol. The molecule has 0 saturated carbocycles. The van der Waals surface area contributed by atoms with Crippen LogP contribution in [0.15, 0.2) is 52.8 Å². The average Bonchev–Trinajstić information content (AvgIpc) is 2.83. The van der Waals surface area contributed by atoms with Crippen molar-refractivity contribution in [2.45, 2.75) is 24.8 Å². The summed E-state index contributed by atoms with van der Waals surface area (Å²) in [5.41, 5.74) is 7.91. The molecule has 37 heavy (non-hydrogen) atoms. The smallest absolute Gasteiger partial charge is 0.194 e. The minimum atomic E-state index is -3.14. The standard InChI is InChI=1S/C26H27ClN6O3S/c1-6-36-24-18(15(2)33-8-7-21(34)23-25(29)31-14-32-26(23)33)10-20(27)19(11-28)22(24)16-9-17(13-30-12-16)37(3,4,5)35/h7-10,12-15H,6H2,1-5H3,(H2,29,31,32). The van der Waals surface area contributed by atoms with E-state index < -0.39 is 15.1 Å². The van der Waals surface area contributed by atoms with E-state index in [-0.39, 0.29) is 27.2 Å². The van der Waals surface area contributed by atoms with E-state index >= 15 is 0 Å². The van der Waals surface area contributed by atoms with E-state index in [1.807, 2.05) is 13.8 Å². The number of anilines is 1. The quantitative estimate of drug-likeness (QED) is 0.388. The minimum Gasteiger partial charge on any atom is -0.493 e. The fourth-order valence-electron chi connectivity index (χ4n) is 4.17. The molecular weight excluding hydrogens is 512 g/mol. The van der Waals surface area contributed by atoms with Gasteiger partial charge >= 0.3 is 0 Å². The van der Waals surface area contributed by atoms with Crippen LogP contribution in [0.2, 0.25) is 5.02 Å². The monoisotopic (exact) mass is 538 g/mol. The number of rotatable bonds is 6. The van der Waals surface area contributed by atoms with Crippen molar-refractivity contribution < 1.29 is 8.95 Å². The van der Waals surface area contributed by atoms with E-state index in [0.717, 1.165) is 0 Å². The summed E-state index contributed by atoms with van der Waals surface area (Å²) in [5, 5.41) is 10.5. The third-order valence-electron chi connectivity index (χ3n) is 6.07. The predicted octanol–water partition coefficient (Wildman–Crippen LogP) is 4.04. The van der Waals surface area contributed by atoms with Crippen LogP contribution in [0, 0.1) is 11.3 Å². The fraction of sp³-hybridized carbons (Fsp3) is 0.269. The molecule has 1 atom stereocenters. The van der Waals surface area contributed by atoms with Crippen molar-refractivity contribution in [3.05, 3.63) is 69.5 Å². The van der Waals surface area contributed by atoms with E-state index in [9.17, 15) is 14.3 Å². The van der Waals surface area contributed by atoms with Gasteiger partial charge in [-0.25, -0.2) is 9.97 Å². The lowest BCUT2D eigenvalue weighted by molar-refractivity contribution is 0.334. The molecule has 0 amide bonds. The maximum absolute atomic E-state index is 13.3. The molecular formula is C26H27ClN6O3S. The van der Waals surface area contributed by atoms with Gasteiger partial charge in [0, 0.05) is 46.2 Å². The van der Waals surface area contributed by atoms with Gasteiger partial charge in [-0.3, -0.25) is 14.0 Å². The second-order valence-electron chi connectivity index (χ2n) is 9.62. The molecule has 0 aliphatic rings. The Bertz CT molecular complexity index is 1710. The number of hydrogen-bond donors (Lipinski definition) is 1. The number of halogens is 1. The number of nitriles is 1. The first-order valence-electron chi connectivity index (χ1n) is 11.4. The van der Waals surface area contributed by atoms with Crippen LogP contribution >= 0.6 is 11.6 Å². The maximum atomic E-state index is 13.3. The minimum absolute atomic E-state index is 0.0833. The summed E-state index contributed by atoms with van der Waals surface area (Å²) < 4.78 is 21.2. The third-order valence-corrected chi connectivity index (χ3v) is 8.20. The van der Waals surface area contributed by atoms with Gasteiger partial charge in [0.15, 0.2) is 5.43 Å². The lowest BCUT2D eigenvalue weighted by Gasteiger charge is -2.29. The molecule has 4 rings (SSSR count). The summed E-state index contributed by atoms with van der Waals surface area (Å²) in [6, 6.07) is 6.58. The Morgan fingerprint density at radius 3 is 2.62 bits per heavy atom. The highest BCUT2D eigenvalue weighted by molar-refractivity contribution is 8.18. The summed E-state index contributed by atoms with van der Waals surface area (Å²) in [7, 11) is -3.14. The lowest BCUT2D eigenvalue weighted by Crippen LogP contribution is -2.27. The molecule has 9 nitrogen and oxygen atoms in total. The number of hydrogen-bond acceptors (Lipinski definition) is 8. The molecule has 0 saturated heterocycles. The highest BCUT2D eigenvalue weighted by atomic mass is 35.5. The van der Waals surface area contributed by atoms with Crippen LogP contribution in [-0.2, 0) is 9.07 Å². The Hall–Kier alpha value is -3.81. The number of nitrogens with two attached hydrogens (primary N) is 1. The number of ether oxygens (including phenoxy) is 1. The largest absolute Gasteiger partial charge is 0.493 e. The second-order valence-corrected chi connectivity index (χ2v) is 15.3. The molecule has 1 unspecified atom stereocenters. The molecule has 0 bridgehead atoms. The van der Waals surface area contributed by atoms with Crippen LogP contribution in [0.1, 0.15) is 31.0 Å². The zero-order chi connectivity index (χ0) is 27.1. The van der Waals surface area contributed by atoms with Gasteiger partial charge in [0.25, 0.3) is 0 Å². The van der Waals surface area contributed by atoms with Crippen LogP contribution in [0.3, 0.4) is 0 Å². The molecule has 11 heteroatoms. The van der Waals surface area contributed by atoms with Crippen molar-refractivity contribution in [3.8, 4) is 22.9 Å². The summed E-state index contributed by atoms with van der Waals surface area (Å²) >= 11 is 6.66. The van der Waals surface area contributed by atoms with Crippen LogP contribution < -0.4 is 15.9 Å². The number of fused-ring (bicyclic) bond motifs is 1. The van der Waals surface area contributed by atoms with Crippen molar-refractivity contribution in [2.24, 2.45) is 0 Å². The third kappa shape index (κ3) is 4.80. The van der Waals surface area contributed by atoms with Gasteiger partial charge in [0.2, 0.25) is 0 Å². The molecule has 0 fully saturated rings. The van der Waals surface area contributed by atoms with Gasteiger partial charge in [-0.2, -0.15) is 5.26 Å². The van der Waals surface area contributed by atoms with E-state index in [0.29, 0.717) is 39.6 Å². The first-order chi connectivity index (χ1) is 17.3. The Balaban J connectivity index is 2.05. The number of aromatic nitrogens is 4. The molecule has 2 N–H and O–H groups in total. The molecule has 4 aromatic rings. The SMILES string of the molecule is CCOc1c(C(C)n2ccc(=O)c3c(N)ncnc32)cc(Cl)c(C#N)c1-c1cncc(S(C)(C)(C)=O)c1. The van der Waals surface area contributed by atoms with Crippen LogP contribution in [0.25, 0.3) is 22.2 Å². The van der Waals surface area contributed by atoms with Crippen molar-refractivity contribution in [2.75, 3.05) is 31.1 Å². The van der Waals surface area contributed by atoms with E-state index in [4.69, 9.17) is 22.1 Å². The maximum Gasteiger partial charge on any atom is 0.194 e. The molecule has 3 heterocycles. The van der Waals surface area contributed by atoms with Crippen LogP contribution in [0.5, 0.6) is 5.75 Å². The molecule has 0 aliphatic carbocycles. The average molecular weight is 539 g/mol. The summed E-state index contributed by atoms with van der Waals surface area (Å²) in [4.78, 5) is 25.6. The molecule has 192 valence electrons. The van der Waals surface area contributed by atoms with Crippen molar-refractivity contribution in [1.82, 2.24) is 19.5 Å². The topological polar surface area (TPSA) is 137 Å². The van der Waals surface area contributed by atoms with Crippen molar-refractivity contribution in [1.29, 1.82) is 5.26 Å². The summed E-state index contributed by atoms with van der Waals surface area (Å²) in [5.74, 6) is 0.510. The van der Waals surface area contributed by atoms with Gasteiger partial charge < -0.3 is 15.0 Å². The Labute approximate surface area is 219 Å². The highest BCUT2D eigenvalue weighted by Crippen LogP contribution is 2.44. The van der Waals surface area contributed by atoms with E-state index in [2.05, 4.69) is 21.0 Å². The molecule has 1 aromatic carbocycles. The Morgan fingerprint density at radius 1 is 1.24 bits per heavy atom. The van der Waals surface area contributed by atoms with E-state index in [1.54, 1.807) is 54.1 Å².